The average molecular weight is 202 g/mol. The Bertz CT molecular complexity index is 458. The summed E-state index contributed by atoms with van der Waals surface area (Å²) in [5, 5.41) is 14.8. The summed E-state index contributed by atoms with van der Waals surface area (Å²) in [6, 6.07) is 3.79. The third-order valence-corrected chi connectivity index (χ3v) is 2.32. The number of hydrogen-bond acceptors (Lipinski definition) is 5. The van der Waals surface area contributed by atoms with Crippen molar-refractivity contribution >= 4 is 17.3 Å². The Balaban J connectivity index is 2.37. The van der Waals surface area contributed by atoms with Gasteiger partial charge >= 0.3 is 0 Å². The maximum atomic E-state index is 8.40. The smallest absolute Gasteiger partial charge is 0.236 e. The van der Waals surface area contributed by atoms with Gasteiger partial charge in [-0.25, -0.2) is 9.97 Å². The summed E-state index contributed by atoms with van der Waals surface area (Å²) in [7, 11) is 0. The second-order valence-corrected chi connectivity index (χ2v) is 3.29. The Morgan fingerprint density at radius 1 is 1.43 bits per heavy atom. The predicted molar refractivity (Wildman–Crippen MR) is 54.6 cm³/mol. The van der Waals surface area contributed by atoms with Crippen LogP contribution in [0.3, 0.4) is 0 Å². The first-order valence-electron chi connectivity index (χ1n) is 3.91. The summed E-state index contributed by atoms with van der Waals surface area (Å²) in [5.41, 5.74) is 1.86. The molecule has 2 aromatic heterocycles. The normalized spacial score (nSPS) is 9.36. The number of rotatable bonds is 2. The number of hydrogen-bond donors (Lipinski definition) is 1. The molecule has 0 unspecified atom stereocenters. The molecule has 2 aromatic rings. The summed E-state index contributed by atoms with van der Waals surface area (Å²) in [6.45, 7) is 0. The van der Waals surface area contributed by atoms with Gasteiger partial charge in [0.25, 0.3) is 0 Å². The Labute approximate surface area is 84.9 Å². The van der Waals surface area contributed by atoms with Crippen molar-refractivity contribution < 1.29 is 0 Å². The lowest BCUT2D eigenvalue weighted by Crippen LogP contribution is -1.95. The van der Waals surface area contributed by atoms with E-state index in [1.165, 1.54) is 0 Å². The van der Waals surface area contributed by atoms with E-state index in [2.05, 4.69) is 15.3 Å². The second kappa shape index (κ2) is 3.85. The predicted octanol–water partition coefficient (Wildman–Crippen LogP) is 2.10. The van der Waals surface area contributed by atoms with Crippen molar-refractivity contribution in [3.63, 3.8) is 0 Å². The van der Waals surface area contributed by atoms with Crippen molar-refractivity contribution in [2.24, 2.45) is 0 Å². The zero-order valence-electron chi connectivity index (χ0n) is 7.14. The van der Waals surface area contributed by atoms with Crippen LogP contribution >= 0.6 is 11.3 Å². The largest absolute Gasteiger partial charge is 0.261 e. The van der Waals surface area contributed by atoms with Gasteiger partial charge in [0.05, 0.1) is 5.69 Å². The molecule has 0 aliphatic rings. The van der Waals surface area contributed by atoms with Gasteiger partial charge in [-0.05, 0) is 17.5 Å². The van der Waals surface area contributed by atoms with Gasteiger partial charge in [-0.3, -0.25) is 5.32 Å². The molecule has 2 rings (SSSR count). The van der Waals surface area contributed by atoms with Crippen molar-refractivity contribution in [3.05, 3.63) is 29.1 Å². The van der Waals surface area contributed by atoms with Gasteiger partial charge in [-0.1, -0.05) is 0 Å². The Kier molecular flexibility index (Phi) is 2.38. The molecule has 0 atom stereocenters. The van der Waals surface area contributed by atoms with Gasteiger partial charge in [-0.15, -0.1) is 0 Å². The zero-order chi connectivity index (χ0) is 9.80. The van der Waals surface area contributed by atoms with Crippen molar-refractivity contribution in [2.75, 3.05) is 5.32 Å². The first kappa shape index (κ1) is 8.66. The molecule has 0 saturated carbocycles. The van der Waals surface area contributed by atoms with Crippen LogP contribution in [0, 0.1) is 11.5 Å². The van der Waals surface area contributed by atoms with E-state index in [4.69, 9.17) is 5.26 Å². The number of aromatic nitrogens is 2. The standard InChI is InChI=1S/C9H6N4S/c10-6-12-9-11-3-1-8(13-9)7-2-4-14-5-7/h1-5H,(H,11,12,13). The highest BCUT2D eigenvalue weighted by Crippen LogP contribution is 2.19. The molecule has 14 heavy (non-hydrogen) atoms. The average Bonchev–Trinajstić information content (AvgIpc) is 2.71. The number of nitrogens with one attached hydrogen (secondary N) is 1. The molecule has 0 aliphatic heterocycles. The highest BCUT2D eigenvalue weighted by molar-refractivity contribution is 7.08. The maximum absolute atomic E-state index is 8.40. The Hall–Kier alpha value is -1.93. The summed E-state index contributed by atoms with van der Waals surface area (Å²) in [4.78, 5) is 8.06. The molecule has 1 N–H and O–H groups in total. The maximum Gasteiger partial charge on any atom is 0.236 e. The molecule has 4 nitrogen and oxygen atoms in total. The number of nitrogens with zero attached hydrogens (tertiary/aromatic N) is 3. The van der Waals surface area contributed by atoms with E-state index in [1.807, 2.05) is 22.9 Å². The third kappa shape index (κ3) is 1.70. The lowest BCUT2D eigenvalue weighted by atomic mass is 10.2. The molecule has 0 radical (unpaired) electrons. The summed E-state index contributed by atoms with van der Waals surface area (Å²) in [6.07, 6.45) is 3.41. The highest BCUT2D eigenvalue weighted by Gasteiger charge is 2.01. The van der Waals surface area contributed by atoms with Gasteiger partial charge in [0.15, 0.2) is 6.19 Å². The van der Waals surface area contributed by atoms with Crippen LogP contribution < -0.4 is 5.32 Å². The first-order valence-corrected chi connectivity index (χ1v) is 4.85. The van der Waals surface area contributed by atoms with Crippen LogP contribution in [0.25, 0.3) is 11.3 Å². The number of anilines is 1. The molecule has 2 heterocycles. The minimum atomic E-state index is 0.330. The van der Waals surface area contributed by atoms with Crippen LogP contribution in [0.2, 0.25) is 0 Å². The van der Waals surface area contributed by atoms with Crippen molar-refractivity contribution in [2.45, 2.75) is 0 Å². The van der Waals surface area contributed by atoms with Crippen molar-refractivity contribution in [1.29, 1.82) is 5.26 Å². The topological polar surface area (TPSA) is 61.6 Å². The van der Waals surface area contributed by atoms with Gasteiger partial charge < -0.3 is 0 Å². The van der Waals surface area contributed by atoms with E-state index in [-0.39, 0.29) is 0 Å². The molecule has 0 aromatic carbocycles. The minimum absolute atomic E-state index is 0.330. The van der Waals surface area contributed by atoms with E-state index < -0.39 is 0 Å². The van der Waals surface area contributed by atoms with E-state index in [9.17, 15) is 0 Å². The molecule has 68 valence electrons. The lowest BCUT2D eigenvalue weighted by molar-refractivity contribution is 1.17. The molecule has 0 spiro atoms. The zero-order valence-corrected chi connectivity index (χ0v) is 7.95. The van der Waals surface area contributed by atoms with Crippen LogP contribution in [0.15, 0.2) is 29.1 Å². The lowest BCUT2D eigenvalue weighted by Gasteiger charge is -1.98. The van der Waals surface area contributed by atoms with Crippen LogP contribution in [-0.2, 0) is 0 Å². The van der Waals surface area contributed by atoms with Crippen LogP contribution in [0.4, 0.5) is 5.95 Å². The molecule has 0 fully saturated rings. The van der Waals surface area contributed by atoms with Gasteiger partial charge in [-0.2, -0.15) is 16.6 Å². The monoisotopic (exact) mass is 202 g/mol. The first-order chi connectivity index (χ1) is 6.90. The Morgan fingerprint density at radius 3 is 3.07 bits per heavy atom. The third-order valence-electron chi connectivity index (χ3n) is 1.64. The number of nitriles is 1. The summed E-state index contributed by atoms with van der Waals surface area (Å²) < 4.78 is 0. The van der Waals surface area contributed by atoms with E-state index in [1.54, 1.807) is 23.7 Å². The SMILES string of the molecule is N#CNc1nccc(-c2ccsc2)n1. The molecule has 5 heteroatoms. The van der Waals surface area contributed by atoms with Crippen molar-refractivity contribution in [3.8, 4) is 17.5 Å². The van der Waals surface area contributed by atoms with Crippen LogP contribution in [-0.4, -0.2) is 9.97 Å². The highest BCUT2D eigenvalue weighted by atomic mass is 32.1. The second-order valence-electron chi connectivity index (χ2n) is 2.51. The molecule has 0 saturated heterocycles. The fraction of sp³-hybridized carbons (Fsp3) is 0. The summed E-state index contributed by atoms with van der Waals surface area (Å²) in [5.74, 6) is 0.330. The Morgan fingerprint density at radius 2 is 2.36 bits per heavy atom. The fourth-order valence-electron chi connectivity index (χ4n) is 1.04. The molecule has 0 amide bonds. The van der Waals surface area contributed by atoms with E-state index >= 15 is 0 Å². The van der Waals surface area contributed by atoms with E-state index in [0.29, 0.717) is 5.95 Å². The molecular formula is C9H6N4S. The summed E-state index contributed by atoms with van der Waals surface area (Å²) >= 11 is 1.61. The van der Waals surface area contributed by atoms with Crippen LogP contribution in [0.1, 0.15) is 0 Å². The van der Waals surface area contributed by atoms with Crippen molar-refractivity contribution in [1.82, 2.24) is 9.97 Å². The van der Waals surface area contributed by atoms with Crippen LogP contribution in [0.5, 0.6) is 0 Å². The van der Waals surface area contributed by atoms with E-state index in [0.717, 1.165) is 11.3 Å². The number of thiophene rings is 1. The molecule has 0 bridgehead atoms. The fourth-order valence-corrected chi connectivity index (χ4v) is 1.69. The quantitative estimate of drug-likeness (QED) is 0.598. The van der Waals surface area contributed by atoms with Gasteiger partial charge in [0.1, 0.15) is 0 Å². The molecular weight excluding hydrogens is 196 g/mol. The minimum Gasteiger partial charge on any atom is -0.261 e. The molecule has 0 aliphatic carbocycles. The van der Waals surface area contributed by atoms with Gasteiger partial charge in [0, 0.05) is 17.1 Å². The van der Waals surface area contributed by atoms with Gasteiger partial charge in [0.2, 0.25) is 5.95 Å².